The summed E-state index contributed by atoms with van der Waals surface area (Å²) in [5.74, 6) is 0.0327. The van der Waals surface area contributed by atoms with Gasteiger partial charge in [-0.3, -0.25) is 0 Å². The fourth-order valence-corrected chi connectivity index (χ4v) is 3.78. The Morgan fingerprint density at radius 1 is 1.21 bits per heavy atom. The SMILES string of the molecule is CCC(C(=O)O)n1cc(CCCOc2cc(C)c(Cl)c(C)c2)c2ccccc21. The Hall–Kier alpha value is -2.46. The average molecular weight is 400 g/mol. The minimum Gasteiger partial charge on any atom is -0.494 e. The van der Waals surface area contributed by atoms with Gasteiger partial charge >= 0.3 is 5.97 Å². The number of aryl methyl sites for hydroxylation is 3. The number of hydrogen-bond acceptors (Lipinski definition) is 2. The number of fused-ring (bicyclic) bond motifs is 1. The van der Waals surface area contributed by atoms with Gasteiger partial charge in [0.25, 0.3) is 0 Å². The highest BCUT2D eigenvalue weighted by atomic mass is 35.5. The zero-order valence-electron chi connectivity index (χ0n) is 16.5. The van der Waals surface area contributed by atoms with Gasteiger partial charge in [0.15, 0.2) is 0 Å². The number of rotatable bonds is 8. The number of aliphatic carboxylic acids is 1. The molecular weight excluding hydrogens is 374 g/mol. The van der Waals surface area contributed by atoms with Crippen LogP contribution >= 0.6 is 11.6 Å². The maximum Gasteiger partial charge on any atom is 0.326 e. The van der Waals surface area contributed by atoms with E-state index in [0.717, 1.165) is 51.2 Å². The van der Waals surface area contributed by atoms with Crippen LogP contribution in [0.2, 0.25) is 5.02 Å². The van der Waals surface area contributed by atoms with E-state index in [2.05, 4.69) is 6.07 Å². The molecule has 0 radical (unpaired) electrons. The number of nitrogens with zero attached hydrogens (tertiary/aromatic N) is 1. The first-order valence-electron chi connectivity index (χ1n) is 9.63. The van der Waals surface area contributed by atoms with Gasteiger partial charge in [0.2, 0.25) is 0 Å². The van der Waals surface area contributed by atoms with E-state index in [1.807, 2.05) is 61.9 Å². The molecule has 0 aliphatic rings. The van der Waals surface area contributed by atoms with Crippen molar-refractivity contribution in [3.05, 3.63) is 64.3 Å². The Kier molecular flexibility index (Phi) is 6.30. The van der Waals surface area contributed by atoms with Gasteiger partial charge in [0.1, 0.15) is 11.8 Å². The zero-order valence-corrected chi connectivity index (χ0v) is 17.3. The molecule has 2 aromatic carbocycles. The van der Waals surface area contributed by atoms with Crippen LogP contribution in [0, 0.1) is 13.8 Å². The van der Waals surface area contributed by atoms with Crippen molar-refractivity contribution < 1.29 is 14.6 Å². The summed E-state index contributed by atoms with van der Waals surface area (Å²) < 4.78 is 7.80. The molecular formula is C23H26ClNO3. The molecule has 3 rings (SSSR count). The van der Waals surface area contributed by atoms with Crippen LogP contribution in [0.25, 0.3) is 10.9 Å². The fraction of sp³-hybridized carbons (Fsp3) is 0.348. The van der Waals surface area contributed by atoms with Crippen LogP contribution in [0.4, 0.5) is 0 Å². The van der Waals surface area contributed by atoms with Crippen molar-refractivity contribution in [3.63, 3.8) is 0 Å². The smallest absolute Gasteiger partial charge is 0.326 e. The second-order valence-electron chi connectivity index (χ2n) is 7.16. The zero-order chi connectivity index (χ0) is 20.3. The average Bonchev–Trinajstić information content (AvgIpc) is 3.02. The predicted octanol–water partition coefficient (Wildman–Crippen LogP) is 5.96. The minimum absolute atomic E-state index is 0.546. The molecule has 1 unspecified atom stereocenters. The topological polar surface area (TPSA) is 51.5 Å². The fourth-order valence-electron chi connectivity index (χ4n) is 3.67. The standard InChI is InChI=1S/C23H26ClNO3/c1-4-20(23(26)27)25-14-17(19-9-5-6-10-21(19)25)8-7-11-28-18-12-15(2)22(24)16(3)13-18/h5-6,9-10,12-14,20H,4,7-8,11H2,1-3H3,(H,26,27). The van der Waals surface area contributed by atoms with E-state index in [-0.39, 0.29) is 0 Å². The van der Waals surface area contributed by atoms with Crippen LogP contribution in [0.1, 0.15) is 42.5 Å². The molecule has 0 saturated heterocycles. The summed E-state index contributed by atoms with van der Waals surface area (Å²) in [5.41, 5.74) is 4.15. The number of ether oxygens (including phenoxy) is 1. The molecule has 0 fully saturated rings. The van der Waals surface area contributed by atoms with Gasteiger partial charge in [-0.25, -0.2) is 4.79 Å². The highest BCUT2D eigenvalue weighted by Gasteiger charge is 2.20. The Morgan fingerprint density at radius 2 is 1.89 bits per heavy atom. The van der Waals surface area contributed by atoms with Gasteiger partial charge in [-0.1, -0.05) is 36.7 Å². The lowest BCUT2D eigenvalue weighted by Crippen LogP contribution is -2.17. The first-order chi connectivity index (χ1) is 13.4. The van der Waals surface area contributed by atoms with Crippen molar-refractivity contribution in [3.8, 4) is 5.75 Å². The second-order valence-corrected chi connectivity index (χ2v) is 7.54. The third-order valence-corrected chi connectivity index (χ3v) is 5.70. The largest absolute Gasteiger partial charge is 0.494 e. The highest BCUT2D eigenvalue weighted by Crippen LogP contribution is 2.28. The van der Waals surface area contributed by atoms with Crippen LogP contribution in [0.15, 0.2) is 42.6 Å². The molecule has 5 heteroatoms. The van der Waals surface area contributed by atoms with E-state index in [0.29, 0.717) is 13.0 Å². The third-order valence-electron chi connectivity index (χ3n) is 5.10. The molecule has 0 saturated carbocycles. The molecule has 0 aliphatic heterocycles. The molecule has 0 bridgehead atoms. The number of carboxylic acids is 1. The maximum atomic E-state index is 11.6. The monoisotopic (exact) mass is 399 g/mol. The molecule has 1 N–H and O–H groups in total. The van der Waals surface area contributed by atoms with E-state index in [4.69, 9.17) is 16.3 Å². The summed E-state index contributed by atoms with van der Waals surface area (Å²) in [7, 11) is 0. The van der Waals surface area contributed by atoms with Crippen molar-refractivity contribution in [2.75, 3.05) is 6.61 Å². The van der Waals surface area contributed by atoms with E-state index in [9.17, 15) is 9.90 Å². The van der Waals surface area contributed by atoms with Gasteiger partial charge < -0.3 is 14.4 Å². The summed E-state index contributed by atoms with van der Waals surface area (Å²) in [6.45, 7) is 6.45. The van der Waals surface area contributed by atoms with Crippen LogP contribution in [0.5, 0.6) is 5.75 Å². The third kappa shape index (κ3) is 4.17. The van der Waals surface area contributed by atoms with E-state index in [1.165, 1.54) is 0 Å². The molecule has 0 amide bonds. The quantitative estimate of drug-likeness (QED) is 0.475. The molecule has 1 aromatic heterocycles. The summed E-state index contributed by atoms with van der Waals surface area (Å²) in [4.78, 5) is 11.6. The van der Waals surface area contributed by atoms with Crippen molar-refractivity contribution in [2.24, 2.45) is 0 Å². The highest BCUT2D eigenvalue weighted by molar-refractivity contribution is 6.32. The van der Waals surface area contributed by atoms with Crippen LogP contribution in [-0.4, -0.2) is 22.2 Å². The van der Waals surface area contributed by atoms with Gasteiger partial charge in [0.05, 0.1) is 6.61 Å². The molecule has 3 aromatic rings. The van der Waals surface area contributed by atoms with E-state index in [1.54, 1.807) is 0 Å². The van der Waals surface area contributed by atoms with Crippen LogP contribution in [0.3, 0.4) is 0 Å². The summed E-state index contributed by atoms with van der Waals surface area (Å²) in [6.07, 6.45) is 4.21. The summed E-state index contributed by atoms with van der Waals surface area (Å²) in [6, 6.07) is 11.4. The van der Waals surface area contributed by atoms with E-state index < -0.39 is 12.0 Å². The Bertz CT molecular complexity index is 970. The molecule has 0 aliphatic carbocycles. The van der Waals surface area contributed by atoms with Gasteiger partial charge in [0, 0.05) is 22.1 Å². The van der Waals surface area contributed by atoms with Crippen LogP contribution < -0.4 is 4.74 Å². The number of carboxylic acid groups (broad SMARTS) is 1. The predicted molar refractivity (Wildman–Crippen MR) is 114 cm³/mol. The van der Waals surface area contributed by atoms with Gasteiger partial charge in [-0.15, -0.1) is 0 Å². The molecule has 4 nitrogen and oxygen atoms in total. The molecule has 1 heterocycles. The summed E-state index contributed by atoms with van der Waals surface area (Å²) >= 11 is 6.21. The number of carbonyl (C=O) groups is 1. The summed E-state index contributed by atoms with van der Waals surface area (Å²) in [5, 5.41) is 11.4. The van der Waals surface area contributed by atoms with Crippen molar-refractivity contribution >= 4 is 28.5 Å². The first kappa shape index (κ1) is 20.3. The Morgan fingerprint density at radius 3 is 2.54 bits per heavy atom. The first-order valence-corrected chi connectivity index (χ1v) is 10.0. The van der Waals surface area contributed by atoms with Gasteiger partial charge in [-0.2, -0.15) is 0 Å². The normalized spacial score (nSPS) is 12.3. The Balaban J connectivity index is 1.72. The van der Waals surface area contributed by atoms with Crippen molar-refractivity contribution in [1.29, 1.82) is 0 Å². The Labute approximate surface area is 170 Å². The molecule has 1 atom stereocenters. The number of benzene rings is 2. The second kappa shape index (κ2) is 8.70. The molecule has 148 valence electrons. The molecule has 28 heavy (non-hydrogen) atoms. The number of para-hydroxylation sites is 1. The van der Waals surface area contributed by atoms with Crippen LogP contribution in [-0.2, 0) is 11.2 Å². The lowest BCUT2D eigenvalue weighted by atomic mass is 10.1. The number of halogens is 1. The minimum atomic E-state index is -0.799. The van der Waals surface area contributed by atoms with Crippen molar-refractivity contribution in [1.82, 2.24) is 4.57 Å². The lowest BCUT2D eigenvalue weighted by Gasteiger charge is -2.13. The number of hydrogen-bond donors (Lipinski definition) is 1. The van der Waals surface area contributed by atoms with Crippen molar-refractivity contribution in [2.45, 2.75) is 46.1 Å². The lowest BCUT2D eigenvalue weighted by molar-refractivity contribution is -0.140. The molecule has 0 spiro atoms. The maximum absolute atomic E-state index is 11.6. The van der Waals surface area contributed by atoms with E-state index >= 15 is 0 Å². The number of aromatic nitrogens is 1. The van der Waals surface area contributed by atoms with Gasteiger partial charge in [-0.05, 0) is 68.0 Å².